The topological polar surface area (TPSA) is 32.3 Å². The number of amides is 2. The predicted molar refractivity (Wildman–Crippen MR) is 77.6 cm³/mol. The van der Waals surface area contributed by atoms with Crippen molar-refractivity contribution in [1.29, 1.82) is 0 Å². The van der Waals surface area contributed by atoms with E-state index in [4.69, 9.17) is 23.2 Å². The third kappa shape index (κ3) is 4.39. The Morgan fingerprint density at radius 2 is 1.83 bits per heavy atom. The van der Waals surface area contributed by atoms with Gasteiger partial charge in [-0.1, -0.05) is 37.0 Å². The summed E-state index contributed by atoms with van der Waals surface area (Å²) in [5.41, 5.74) is 0.586. The maximum atomic E-state index is 12.1. The van der Waals surface area contributed by atoms with E-state index in [0.29, 0.717) is 15.7 Å². The lowest BCUT2D eigenvalue weighted by Crippen LogP contribution is -2.36. The van der Waals surface area contributed by atoms with E-state index in [2.05, 4.69) is 5.32 Å². The summed E-state index contributed by atoms with van der Waals surface area (Å²) in [6, 6.07) is 4.90. The van der Waals surface area contributed by atoms with Crippen LogP contribution in [0.4, 0.5) is 10.5 Å². The normalized spacial score (nSPS) is 10.2. The lowest BCUT2D eigenvalue weighted by molar-refractivity contribution is 0.211. The number of rotatable bonds is 5. The molecule has 5 heteroatoms. The quantitative estimate of drug-likeness (QED) is 0.841. The summed E-state index contributed by atoms with van der Waals surface area (Å²) in [6.07, 6.45) is 1.86. The molecule has 0 aliphatic heterocycles. The number of nitrogens with one attached hydrogen (secondary N) is 1. The fraction of sp³-hybridized carbons (Fsp3) is 0.462. The Hall–Kier alpha value is -0.930. The average molecular weight is 289 g/mol. The molecule has 1 N–H and O–H groups in total. The Morgan fingerprint density at radius 3 is 2.33 bits per heavy atom. The summed E-state index contributed by atoms with van der Waals surface area (Å²) < 4.78 is 0. The molecule has 1 rings (SSSR count). The SMILES string of the molecule is CCCN(CCC)C(=O)Nc1ccc(Cl)cc1Cl. The molecule has 0 radical (unpaired) electrons. The largest absolute Gasteiger partial charge is 0.325 e. The van der Waals surface area contributed by atoms with E-state index in [1.807, 2.05) is 13.8 Å². The lowest BCUT2D eigenvalue weighted by atomic mass is 10.3. The van der Waals surface area contributed by atoms with Crippen LogP contribution in [0, 0.1) is 0 Å². The van der Waals surface area contributed by atoms with Crippen molar-refractivity contribution in [3.05, 3.63) is 28.2 Å². The highest BCUT2D eigenvalue weighted by Crippen LogP contribution is 2.25. The van der Waals surface area contributed by atoms with Gasteiger partial charge in [-0.2, -0.15) is 0 Å². The highest BCUT2D eigenvalue weighted by Gasteiger charge is 2.13. The molecule has 0 atom stereocenters. The number of anilines is 1. The van der Waals surface area contributed by atoms with E-state index >= 15 is 0 Å². The Labute approximate surface area is 118 Å². The molecule has 0 fully saturated rings. The second kappa shape index (κ2) is 7.49. The van der Waals surface area contributed by atoms with Crippen LogP contribution in [0.15, 0.2) is 18.2 Å². The minimum atomic E-state index is -0.122. The molecule has 1 aromatic carbocycles. The molecule has 0 saturated heterocycles. The zero-order chi connectivity index (χ0) is 13.5. The molecular formula is C13H18Cl2N2O. The molecule has 0 heterocycles. The van der Waals surface area contributed by atoms with Crippen LogP contribution in [-0.4, -0.2) is 24.0 Å². The molecule has 1 aromatic rings. The smallest absolute Gasteiger partial charge is 0.321 e. The van der Waals surface area contributed by atoms with Gasteiger partial charge in [-0.05, 0) is 31.0 Å². The molecule has 100 valence electrons. The van der Waals surface area contributed by atoms with Crippen LogP contribution in [0.3, 0.4) is 0 Å². The molecule has 0 aliphatic carbocycles. The van der Waals surface area contributed by atoms with Gasteiger partial charge in [0.15, 0.2) is 0 Å². The monoisotopic (exact) mass is 288 g/mol. The minimum Gasteiger partial charge on any atom is -0.325 e. The third-order valence-electron chi connectivity index (χ3n) is 2.45. The van der Waals surface area contributed by atoms with E-state index in [-0.39, 0.29) is 6.03 Å². The molecule has 18 heavy (non-hydrogen) atoms. The maximum Gasteiger partial charge on any atom is 0.321 e. The van der Waals surface area contributed by atoms with Crippen molar-refractivity contribution < 1.29 is 4.79 Å². The number of benzene rings is 1. The third-order valence-corrected chi connectivity index (χ3v) is 2.99. The van der Waals surface area contributed by atoms with Gasteiger partial charge in [-0.25, -0.2) is 4.79 Å². The lowest BCUT2D eigenvalue weighted by Gasteiger charge is -2.22. The molecule has 0 saturated carbocycles. The van der Waals surface area contributed by atoms with Gasteiger partial charge in [-0.3, -0.25) is 0 Å². The minimum absolute atomic E-state index is 0.122. The Kier molecular flexibility index (Phi) is 6.30. The highest BCUT2D eigenvalue weighted by molar-refractivity contribution is 6.36. The number of urea groups is 1. The van der Waals surface area contributed by atoms with Gasteiger partial charge < -0.3 is 10.2 Å². The van der Waals surface area contributed by atoms with Crippen LogP contribution in [0.1, 0.15) is 26.7 Å². The first-order chi connectivity index (χ1) is 8.58. The zero-order valence-electron chi connectivity index (χ0n) is 10.7. The summed E-state index contributed by atoms with van der Waals surface area (Å²) in [7, 11) is 0. The van der Waals surface area contributed by atoms with Crippen molar-refractivity contribution in [1.82, 2.24) is 4.90 Å². The fourth-order valence-electron chi connectivity index (χ4n) is 1.64. The summed E-state index contributed by atoms with van der Waals surface area (Å²) in [5.74, 6) is 0. The summed E-state index contributed by atoms with van der Waals surface area (Å²) in [6.45, 7) is 5.58. The molecule has 0 aromatic heterocycles. The van der Waals surface area contributed by atoms with Crippen molar-refractivity contribution in [3.63, 3.8) is 0 Å². The number of halogens is 2. The maximum absolute atomic E-state index is 12.1. The van der Waals surface area contributed by atoms with Crippen molar-refractivity contribution in [2.24, 2.45) is 0 Å². The molecule has 3 nitrogen and oxygen atoms in total. The van der Waals surface area contributed by atoms with Gasteiger partial charge in [0.2, 0.25) is 0 Å². The number of carbonyl (C=O) groups is 1. The average Bonchev–Trinajstić information content (AvgIpc) is 2.32. The van der Waals surface area contributed by atoms with Crippen LogP contribution in [0.2, 0.25) is 10.0 Å². The van der Waals surface area contributed by atoms with E-state index in [0.717, 1.165) is 25.9 Å². The van der Waals surface area contributed by atoms with Crippen LogP contribution >= 0.6 is 23.2 Å². The Bertz CT molecular complexity index is 404. The first kappa shape index (κ1) is 15.1. The predicted octanol–water partition coefficient (Wildman–Crippen LogP) is 4.65. The Morgan fingerprint density at radius 1 is 1.22 bits per heavy atom. The fourth-order valence-corrected chi connectivity index (χ4v) is 2.10. The van der Waals surface area contributed by atoms with Crippen molar-refractivity contribution in [3.8, 4) is 0 Å². The van der Waals surface area contributed by atoms with E-state index < -0.39 is 0 Å². The highest BCUT2D eigenvalue weighted by atomic mass is 35.5. The van der Waals surface area contributed by atoms with Gasteiger partial charge >= 0.3 is 6.03 Å². The summed E-state index contributed by atoms with van der Waals surface area (Å²) >= 11 is 11.8. The number of carbonyl (C=O) groups excluding carboxylic acids is 1. The van der Waals surface area contributed by atoms with Gasteiger partial charge in [-0.15, -0.1) is 0 Å². The van der Waals surface area contributed by atoms with Crippen LogP contribution in [0.25, 0.3) is 0 Å². The summed E-state index contributed by atoms with van der Waals surface area (Å²) in [5, 5.41) is 3.80. The van der Waals surface area contributed by atoms with Gasteiger partial charge in [0.05, 0.1) is 10.7 Å². The van der Waals surface area contributed by atoms with E-state index in [1.165, 1.54) is 0 Å². The zero-order valence-corrected chi connectivity index (χ0v) is 12.2. The van der Waals surface area contributed by atoms with E-state index in [9.17, 15) is 4.79 Å². The molecular weight excluding hydrogens is 271 g/mol. The van der Waals surface area contributed by atoms with Crippen molar-refractivity contribution >= 4 is 34.9 Å². The molecule has 0 bridgehead atoms. The van der Waals surface area contributed by atoms with Gasteiger partial charge in [0.25, 0.3) is 0 Å². The molecule has 2 amide bonds. The van der Waals surface area contributed by atoms with Crippen LogP contribution < -0.4 is 5.32 Å². The number of hydrogen-bond donors (Lipinski definition) is 1. The number of nitrogens with zero attached hydrogens (tertiary/aromatic N) is 1. The second-order valence-electron chi connectivity index (χ2n) is 4.04. The van der Waals surface area contributed by atoms with Gasteiger partial charge in [0, 0.05) is 18.1 Å². The van der Waals surface area contributed by atoms with Crippen LogP contribution in [-0.2, 0) is 0 Å². The second-order valence-corrected chi connectivity index (χ2v) is 4.89. The number of hydrogen-bond acceptors (Lipinski definition) is 1. The van der Waals surface area contributed by atoms with Crippen molar-refractivity contribution in [2.45, 2.75) is 26.7 Å². The standard InChI is InChI=1S/C13H18Cl2N2O/c1-3-7-17(8-4-2)13(18)16-12-6-5-10(14)9-11(12)15/h5-6,9H,3-4,7-8H2,1-2H3,(H,16,18). The molecule has 0 spiro atoms. The molecule has 0 aliphatic rings. The van der Waals surface area contributed by atoms with Gasteiger partial charge in [0.1, 0.15) is 0 Å². The van der Waals surface area contributed by atoms with E-state index in [1.54, 1.807) is 23.1 Å². The van der Waals surface area contributed by atoms with Crippen LogP contribution in [0.5, 0.6) is 0 Å². The first-order valence-electron chi connectivity index (χ1n) is 6.09. The van der Waals surface area contributed by atoms with Crippen molar-refractivity contribution in [2.75, 3.05) is 18.4 Å². The molecule has 0 unspecified atom stereocenters. The first-order valence-corrected chi connectivity index (χ1v) is 6.85. The Balaban J connectivity index is 2.72. The summed E-state index contributed by atoms with van der Waals surface area (Å²) in [4.78, 5) is 13.8.